The average molecular weight is 110 g/mol. The minimum atomic E-state index is 1.64. The topological polar surface area (TPSA) is 24.7 Å². The summed E-state index contributed by atoms with van der Waals surface area (Å²) in [7, 11) is 0. The molecule has 0 unspecified atom stereocenters. The monoisotopic (exact) mass is 110 g/mol. The lowest BCUT2D eigenvalue weighted by Gasteiger charge is -1.69. The molecule has 0 spiro atoms. The van der Waals surface area contributed by atoms with E-state index in [1.807, 2.05) is 13.8 Å². The molecule has 0 heterocycles. The van der Waals surface area contributed by atoms with Crippen molar-refractivity contribution in [3.05, 3.63) is 12.4 Å². The van der Waals surface area contributed by atoms with E-state index < -0.39 is 0 Å². The van der Waals surface area contributed by atoms with Crippen molar-refractivity contribution in [3.8, 4) is 0 Å². The molecule has 0 saturated carbocycles. The maximum Gasteiger partial charge on any atom is 0.0446 e. The van der Waals surface area contributed by atoms with Crippen molar-refractivity contribution in [2.45, 2.75) is 13.8 Å². The molecule has 2 nitrogen and oxygen atoms in total. The van der Waals surface area contributed by atoms with Crippen LogP contribution in [0.15, 0.2) is 22.4 Å². The zero-order valence-corrected chi connectivity index (χ0v) is 5.20. The van der Waals surface area contributed by atoms with Gasteiger partial charge >= 0.3 is 0 Å². The Labute approximate surface area is 49.7 Å². The molecule has 0 atom stereocenters. The van der Waals surface area contributed by atoms with Gasteiger partial charge in [-0.05, 0) is 13.8 Å². The van der Waals surface area contributed by atoms with Crippen LogP contribution in [0.25, 0.3) is 0 Å². The summed E-state index contributed by atoms with van der Waals surface area (Å²) in [4.78, 5) is 7.58. The number of hydrogen-bond acceptors (Lipinski definition) is 2. The summed E-state index contributed by atoms with van der Waals surface area (Å²) in [6.45, 7) is 3.72. The van der Waals surface area contributed by atoms with E-state index in [1.165, 1.54) is 0 Å². The van der Waals surface area contributed by atoms with Gasteiger partial charge in [-0.3, -0.25) is 9.98 Å². The minimum absolute atomic E-state index is 1.64. The Morgan fingerprint density at radius 1 is 0.875 bits per heavy atom. The van der Waals surface area contributed by atoms with Gasteiger partial charge < -0.3 is 0 Å². The predicted octanol–water partition coefficient (Wildman–Crippen LogP) is 1.64. The normalized spacial score (nSPS) is 12.8. The van der Waals surface area contributed by atoms with E-state index in [-0.39, 0.29) is 0 Å². The van der Waals surface area contributed by atoms with Crippen molar-refractivity contribution >= 4 is 12.4 Å². The van der Waals surface area contributed by atoms with E-state index in [0.29, 0.717) is 0 Å². The lowest BCUT2D eigenvalue weighted by atomic mass is 10.8. The van der Waals surface area contributed by atoms with Crippen LogP contribution < -0.4 is 0 Å². The lowest BCUT2D eigenvalue weighted by Crippen LogP contribution is -1.55. The number of hydrogen-bond donors (Lipinski definition) is 0. The summed E-state index contributed by atoms with van der Waals surface area (Å²) in [6.07, 6.45) is 6.70. The van der Waals surface area contributed by atoms with Gasteiger partial charge in [0.05, 0.1) is 0 Å². The van der Waals surface area contributed by atoms with E-state index in [1.54, 1.807) is 24.8 Å². The third kappa shape index (κ3) is 5.08. The third-order valence-electron chi connectivity index (χ3n) is 0.537. The molecule has 44 valence electrons. The van der Waals surface area contributed by atoms with Crippen molar-refractivity contribution in [1.82, 2.24) is 0 Å². The number of nitrogens with zero attached hydrogens (tertiary/aromatic N) is 2. The van der Waals surface area contributed by atoms with Crippen LogP contribution in [0.1, 0.15) is 13.8 Å². The molecule has 0 rings (SSSR count). The van der Waals surface area contributed by atoms with Crippen molar-refractivity contribution in [1.29, 1.82) is 0 Å². The van der Waals surface area contributed by atoms with E-state index in [2.05, 4.69) is 9.98 Å². The Kier molecular flexibility index (Phi) is 5.38. The van der Waals surface area contributed by atoms with Gasteiger partial charge in [0, 0.05) is 24.8 Å². The van der Waals surface area contributed by atoms with Gasteiger partial charge in [0.2, 0.25) is 0 Å². The molecule has 0 aliphatic rings. The molecule has 0 N–H and O–H groups in total. The first-order valence-corrected chi connectivity index (χ1v) is 2.52. The fraction of sp³-hybridized carbons (Fsp3) is 0.333. The highest BCUT2D eigenvalue weighted by Crippen LogP contribution is 1.72. The average Bonchev–Trinajstić information content (AvgIpc) is 1.81. The van der Waals surface area contributed by atoms with Crippen molar-refractivity contribution < 1.29 is 0 Å². The van der Waals surface area contributed by atoms with E-state index >= 15 is 0 Å². The first kappa shape index (κ1) is 7.08. The van der Waals surface area contributed by atoms with E-state index in [0.717, 1.165) is 0 Å². The maximum absolute atomic E-state index is 3.79. The molecule has 0 saturated heterocycles. The largest absolute Gasteiger partial charge is 0.268 e. The van der Waals surface area contributed by atoms with Gasteiger partial charge in [-0.2, -0.15) is 0 Å². The molecule has 2 heteroatoms. The molecular formula is C6H10N2. The Bertz CT molecular complexity index is 97.7. The highest BCUT2D eigenvalue weighted by atomic mass is 14.7. The summed E-state index contributed by atoms with van der Waals surface area (Å²) in [5, 5.41) is 0. The van der Waals surface area contributed by atoms with Crippen molar-refractivity contribution in [3.63, 3.8) is 0 Å². The second kappa shape index (κ2) is 6.08. The lowest BCUT2D eigenvalue weighted by molar-refractivity contribution is 1.48. The van der Waals surface area contributed by atoms with Crippen LogP contribution in [0, 0.1) is 0 Å². The van der Waals surface area contributed by atoms with Crippen LogP contribution in [-0.4, -0.2) is 12.4 Å². The van der Waals surface area contributed by atoms with Crippen molar-refractivity contribution in [2.24, 2.45) is 9.98 Å². The summed E-state index contributed by atoms with van der Waals surface area (Å²) < 4.78 is 0. The van der Waals surface area contributed by atoms with Gasteiger partial charge in [-0.15, -0.1) is 0 Å². The van der Waals surface area contributed by atoms with Gasteiger partial charge in [0.25, 0.3) is 0 Å². The molecule has 0 aromatic rings. The zero-order valence-electron chi connectivity index (χ0n) is 5.20. The standard InChI is InChI=1S/C6H10N2/c1-3-7-5-6-8-4-2/h3-6H,1-2H3. The van der Waals surface area contributed by atoms with Crippen LogP contribution in [0.4, 0.5) is 0 Å². The van der Waals surface area contributed by atoms with Crippen LogP contribution in [0.3, 0.4) is 0 Å². The number of rotatable bonds is 2. The molecule has 0 amide bonds. The van der Waals surface area contributed by atoms with Crippen LogP contribution >= 0.6 is 0 Å². The fourth-order valence-electron chi connectivity index (χ4n) is 0.249. The summed E-state index contributed by atoms with van der Waals surface area (Å²) in [5.74, 6) is 0. The van der Waals surface area contributed by atoms with Crippen LogP contribution in [0.2, 0.25) is 0 Å². The van der Waals surface area contributed by atoms with Crippen molar-refractivity contribution in [2.75, 3.05) is 0 Å². The molecule has 0 aliphatic carbocycles. The van der Waals surface area contributed by atoms with E-state index in [4.69, 9.17) is 0 Å². The van der Waals surface area contributed by atoms with Crippen LogP contribution in [-0.2, 0) is 0 Å². The van der Waals surface area contributed by atoms with Crippen LogP contribution in [0.5, 0.6) is 0 Å². The van der Waals surface area contributed by atoms with Gasteiger partial charge in [0.1, 0.15) is 0 Å². The summed E-state index contributed by atoms with van der Waals surface area (Å²) >= 11 is 0. The van der Waals surface area contributed by atoms with Gasteiger partial charge in [-0.1, -0.05) is 0 Å². The molecule has 0 aliphatic heterocycles. The second-order valence-corrected chi connectivity index (χ2v) is 1.11. The van der Waals surface area contributed by atoms with Gasteiger partial charge in [-0.25, -0.2) is 0 Å². The Morgan fingerprint density at radius 2 is 1.25 bits per heavy atom. The Balaban J connectivity index is 3.35. The Hall–Kier alpha value is -0.920. The highest BCUT2D eigenvalue weighted by Gasteiger charge is 1.55. The molecule has 0 radical (unpaired) electrons. The molecular weight excluding hydrogens is 100 g/mol. The summed E-state index contributed by atoms with van der Waals surface area (Å²) in [5.41, 5.74) is 0. The highest BCUT2D eigenvalue weighted by molar-refractivity contribution is 5.55. The van der Waals surface area contributed by atoms with Gasteiger partial charge in [0.15, 0.2) is 0 Å². The molecule has 0 aromatic heterocycles. The third-order valence-corrected chi connectivity index (χ3v) is 0.537. The zero-order chi connectivity index (χ0) is 6.24. The maximum atomic E-state index is 3.79. The SMILES string of the molecule is CC=NC=CN=CC. The predicted molar refractivity (Wildman–Crippen MR) is 37.5 cm³/mol. The smallest absolute Gasteiger partial charge is 0.0446 e. The first-order valence-electron chi connectivity index (χ1n) is 2.52. The molecule has 0 aromatic carbocycles. The molecule has 0 fully saturated rings. The van der Waals surface area contributed by atoms with E-state index in [9.17, 15) is 0 Å². The minimum Gasteiger partial charge on any atom is -0.268 e. The number of aliphatic imine (C=N–C) groups is 2. The summed E-state index contributed by atoms with van der Waals surface area (Å²) in [6, 6.07) is 0. The molecule has 0 bridgehead atoms. The fourth-order valence-corrected chi connectivity index (χ4v) is 0.249. The quantitative estimate of drug-likeness (QED) is 0.483. The Morgan fingerprint density at radius 3 is 1.50 bits per heavy atom. The molecule has 8 heavy (non-hydrogen) atoms. The second-order valence-electron chi connectivity index (χ2n) is 1.11. The first-order chi connectivity index (χ1) is 3.91.